The van der Waals surface area contributed by atoms with Gasteiger partial charge in [0.25, 0.3) is 0 Å². The highest BCUT2D eigenvalue weighted by Gasteiger charge is 2.27. The topological polar surface area (TPSA) is 276 Å². The molecular formula is C122H114N14O7S2. The maximum absolute atomic E-state index is 11.8. The van der Waals surface area contributed by atoms with Crippen LogP contribution in [0.15, 0.2) is 373 Å². The van der Waals surface area contributed by atoms with Gasteiger partial charge in [0.2, 0.25) is 0 Å². The number of imidazole rings is 2. The van der Waals surface area contributed by atoms with Crippen molar-refractivity contribution in [3.05, 3.63) is 474 Å². The van der Waals surface area contributed by atoms with Gasteiger partial charge >= 0.3 is 0 Å². The fourth-order valence-corrected chi connectivity index (χ4v) is 19.9. The summed E-state index contributed by atoms with van der Waals surface area (Å²) < 4.78 is 0. The standard InChI is InChI=1S/C29H27N3O.C28H26N2OS.C27H26N4O.C23H22N2O.C6H5NO.C5H4OS.C4H4N2O/c1-21(33)22-10-12-23(13-11-22)28(27-9-4-6-25-7-5-17-31-29(25)27)24-14-18-32(19-15-24)20-26-8-2-3-16-30-26;1-20(31)22-7-9-23(10-8-22)27(26-6-2-4-25-5-3-14-29-28(25)26)24-11-15-30(16-12-24)18-21-13-17-32-19-21;1-19(32)20-7-9-21(10-8-20)26(24-6-2-4-23-5-3-13-30-27(23)24)22-11-16-31(17-12-22)18-25-28-14-15-29-25;1-16(26)17-7-9-18(10-8-17)22(19-11-14-24-15-12-19)21-6-2-4-20-5-3-13-25-23(20)21;8-5-6-3-1-2-4-7-6;6-3-5-1-2-7-4-5;7-3-4-5-1-2-6-4/h2-13,16-17H,14-15,18-20H2,1H3;2-10,13-14,17,19H,11-12,15-16,18H2,1H3;2-10,13-15H,11-12,16-18H2,1H3,(H,28,29);2-10,13,24H,11-12,14-15H2,1H3;1-5H;1-4H;1-3H,(H,5,6). The summed E-state index contributed by atoms with van der Waals surface area (Å²) >= 11 is 3.30. The molecule has 10 aromatic heterocycles. The third-order valence-electron chi connectivity index (χ3n) is 26.1. The Labute approximate surface area is 852 Å². The second kappa shape index (κ2) is 51.6. The van der Waals surface area contributed by atoms with Crippen LogP contribution in [-0.4, -0.2) is 159 Å². The van der Waals surface area contributed by atoms with Crippen LogP contribution in [0, 0.1) is 0 Å². The van der Waals surface area contributed by atoms with E-state index >= 15 is 0 Å². The number of piperidine rings is 4. The number of aromatic nitrogens is 10. The molecule has 726 valence electrons. The molecule has 3 N–H and O–H groups in total. The summed E-state index contributed by atoms with van der Waals surface area (Å²) in [5.41, 5.74) is 31.0. The van der Waals surface area contributed by atoms with Crippen molar-refractivity contribution in [2.24, 2.45) is 0 Å². The number of rotatable bonds is 21. The number of fused-ring (bicyclic) bond motifs is 4. The molecule has 22 rings (SSSR count). The number of H-pyrrole nitrogens is 2. The number of benzene rings is 8. The summed E-state index contributed by atoms with van der Waals surface area (Å²) in [6.45, 7) is 17.3. The molecule has 8 aromatic carbocycles. The number of hydrogen-bond acceptors (Lipinski definition) is 21. The van der Waals surface area contributed by atoms with E-state index in [0.717, 1.165) is 252 Å². The quantitative estimate of drug-likeness (QED) is 0.0445. The minimum absolute atomic E-state index is 0.0869. The number of nitrogens with zero attached hydrogens (tertiary/aromatic N) is 11. The van der Waals surface area contributed by atoms with Gasteiger partial charge in [-0.25, -0.2) is 9.97 Å². The Morgan fingerprint density at radius 3 is 0.959 bits per heavy atom. The lowest BCUT2D eigenvalue weighted by molar-refractivity contribution is 0.100. The predicted octanol–water partition coefficient (Wildman–Crippen LogP) is 25.1. The number of thiophene rings is 2. The van der Waals surface area contributed by atoms with Gasteiger partial charge in [-0.05, 0) is 219 Å². The van der Waals surface area contributed by atoms with Crippen LogP contribution >= 0.6 is 22.7 Å². The molecule has 0 unspecified atom stereocenters. The summed E-state index contributed by atoms with van der Waals surface area (Å²) in [6, 6.07) is 89.5. The molecule has 0 spiro atoms. The van der Waals surface area contributed by atoms with Crippen molar-refractivity contribution in [2.45, 2.75) is 98.7 Å². The lowest BCUT2D eigenvalue weighted by Crippen LogP contribution is -2.31. The van der Waals surface area contributed by atoms with Gasteiger partial charge in [0, 0.05) is 191 Å². The average molecular weight is 1950 g/mol. The largest absolute Gasteiger partial charge is 0.348 e. The SMILES string of the molecule is CC(=O)c1ccc(C(=C2CCN(Cc3ccccn3)CC2)c2cccc3cccnc23)cc1.CC(=O)c1ccc(C(=C2CCN(Cc3ccsc3)CC2)c2cccc3cccnc23)cc1.CC(=O)c1ccc(C(=C2CCN(Cc3ncc[nH]3)CC2)c2cccc3cccnc23)cc1.CC(=O)c1ccc(C(=C2CCNCC2)c2cccc3cccnc23)cc1.O=Cc1ccccn1.O=Cc1ccsc1.O=Cc1ncc[nH]1. The zero-order valence-corrected chi connectivity index (χ0v) is 83.4. The molecule has 14 heterocycles. The molecule has 145 heavy (non-hydrogen) atoms. The molecule has 0 aliphatic carbocycles. The first kappa shape index (κ1) is 102. The Hall–Kier alpha value is -16.0. The van der Waals surface area contributed by atoms with Crippen LogP contribution in [0.5, 0.6) is 0 Å². The molecule has 21 nitrogen and oxygen atoms in total. The molecular weight excluding hydrogens is 1840 g/mol. The molecule has 0 bridgehead atoms. The Bertz CT molecular complexity index is 7260. The summed E-state index contributed by atoms with van der Waals surface area (Å²) in [5, 5.41) is 16.1. The van der Waals surface area contributed by atoms with E-state index < -0.39 is 0 Å². The number of Topliss-reactive ketones (excluding diaryl/α,β-unsaturated/α-hetero) is 4. The maximum atomic E-state index is 11.8. The highest BCUT2D eigenvalue weighted by molar-refractivity contribution is 7.08. The third-order valence-corrected chi connectivity index (χ3v) is 27.5. The summed E-state index contributed by atoms with van der Waals surface area (Å²) in [4.78, 5) is 125. The fourth-order valence-electron chi connectivity index (χ4n) is 18.7. The zero-order chi connectivity index (χ0) is 100. The van der Waals surface area contributed by atoms with E-state index in [1.165, 1.54) is 78.8 Å². The number of ketones is 4. The lowest BCUT2D eigenvalue weighted by atomic mass is 9.87. The number of carbonyl (C=O) groups is 7. The van der Waals surface area contributed by atoms with E-state index in [-0.39, 0.29) is 23.1 Å². The summed E-state index contributed by atoms with van der Waals surface area (Å²) in [5.74, 6) is 1.75. The third kappa shape index (κ3) is 27.5. The second-order valence-corrected chi connectivity index (χ2v) is 37.2. The molecule has 0 atom stereocenters. The number of carbonyl (C=O) groups excluding carboxylic acids is 7. The molecule has 4 aliphatic heterocycles. The minimum atomic E-state index is 0.0869. The fraction of sp³-hybridized carbons (Fsp3) is 0.189. The molecule has 4 fully saturated rings. The van der Waals surface area contributed by atoms with Crippen LogP contribution in [0.2, 0.25) is 0 Å². The van der Waals surface area contributed by atoms with Crippen LogP contribution in [-0.2, 0) is 19.6 Å². The normalized spacial score (nSPS) is 13.6. The van der Waals surface area contributed by atoms with Crippen molar-refractivity contribution >= 4 is 131 Å². The van der Waals surface area contributed by atoms with Crippen LogP contribution in [0.4, 0.5) is 0 Å². The van der Waals surface area contributed by atoms with Gasteiger partial charge in [0.1, 0.15) is 11.5 Å². The van der Waals surface area contributed by atoms with Crippen LogP contribution in [0.3, 0.4) is 0 Å². The number of aromatic amines is 2. The van der Waals surface area contributed by atoms with Crippen molar-refractivity contribution in [1.29, 1.82) is 0 Å². The molecule has 4 saturated heterocycles. The van der Waals surface area contributed by atoms with E-state index in [9.17, 15) is 33.6 Å². The van der Waals surface area contributed by atoms with Crippen molar-refractivity contribution < 1.29 is 33.6 Å². The van der Waals surface area contributed by atoms with E-state index in [4.69, 9.17) is 15.0 Å². The number of likely N-dealkylation sites (tertiary alicyclic amines) is 3. The Morgan fingerprint density at radius 1 is 0.303 bits per heavy atom. The monoisotopic (exact) mass is 1950 g/mol. The Kier molecular flexibility index (Phi) is 36.3. The van der Waals surface area contributed by atoms with Crippen molar-refractivity contribution in [3.8, 4) is 0 Å². The van der Waals surface area contributed by atoms with Crippen LogP contribution in [0.1, 0.15) is 214 Å². The van der Waals surface area contributed by atoms with E-state index in [2.05, 4.69) is 223 Å². The number of nitrogens with one attached hydrogen (secondary N) is 3. The first-order valence-electron chi connectivity index (χ1n) is 48.9. The van der Waals surface area contributed by atoms with E-state index in [1.807, 2.05) is 133 Å². The van der Waals surface area contributed by atoms with Gasteiger partial charge in [0.15, 0.2) is 47.8 Å². The van der Waals surface area contributed by atoms with Gasteiger partial charge in [-0.3, -0.25) is 78.2 Å². The molecule has 23 heteroatoms. The van der Waals surface area contributed by atoms with E-state index in [0.29, 0.717) is 17.8 Å². The van der Waals surface area contributed by atoms with Crippen molar-refractivity contribution in [3.63, 3.8) is 0 Å². The molecule has 18 aromatic rings. The number of aldehydes is 3. The molecule has 0 saturated carbocycles. The van der Waals surface area contributed by atoms with E-state index in [1.54, 1.807) is 81.9 Å². The number of hydrogen-bond donors (Lipinski definition) is 3. The van der Waals surface area contributed by atoms with Crippen LogP contribution in [0.25, 0.3) is 65.9 Å². The first-order chi connectivity index (χ1) is 71.1. The molecule has 0 amide bonds. The van der Waals surface area contributed by atoms with Gasteiger partial charge in [-0.2, -0.15) is 22.7 Å². The van der Waals surface area contributed by atoms with Gasteiger partial charge < -0.3 is 15.3 Å². The Morgan fingerprint density at radius 2 is 0.655 bits per heavy atom. The average Bonchev–Trinajstić information content (AvgIpc) is 1.54. The highest BCUT2D eigenvalue weighted by Crippen LogP contribution is 2.42. The predicted molar refractivity (Wildman–Crippen MR) is 583 cm³/mol. The highest BCUT2D eigenvalue weighted by atomic mass is 32.1. The summed E-state index contributed by atoms with van der Waals surface area (Å²) in [6.07, 6.45) is 28.1. The lowest BCUT2D eigenvalue weighted by Gasteiger charge is -2.30. The Balaban J connectivity index is 0.000000129. The van der Waals surface area contributed by atoms with Crippen molar-refractivity contribution in [1.82, 2.24) is 69.9 Å². The minimum Gasteiger partial charge on any atom is -0.348 e. The van der Waals surface area contributed by atoms with Crippen molar-refractivity contribution in [2.75, 3.05) is 52.4 Å². The smallest absolute Gasteiger partial charge is 0.185 e. The molecule has 4 aliphatic rings. The zero-order valence-electron chi connectivity index (χ0n) is 81.7. The maximum Gasteiger partial charge on any atom is 0.185 e. The second-order valence-electron chi connectivity index (χ2n) is 35.7. The van der Waals surface area contributed by atoms with Gasteiger partial charge in [-0.1, -0.05) is 229 Å². The summed E-state index contributed by atoms with van der Waals surface area (Å²) in [7, 11) is 0. The number of para-hydroxylation sites is 4. The number of pyridine rings is 6. The van der Waals surface area contributed by atoms with Gasteiger partial charge in [0.05, 0.1) is 34.3 Å². The first-order valence-corrected chi connectivity index (χ1v) is 50.7. The molecule has 0 radical (unpaired) electrons. The van der Waals surface area contributed by atoms with Gasteiger partial charge in [-0.15, -0.1) is 0 Å². The van der Waals surface area contributed by atoms with Crippen LogP contribution < -0.4 is 5.32 Å².